The van der Waals surface area contributed by atoms with E-state index in [0.717, 1.165) is 0 Å². The van der Waals surface area contributed by atoms with Gasteiger partial charge in [0.25, 0.3) is 11.6 Å². The van der Waals surface area contributed by atoms with Crippen LogP contribution in [0.3, 0.4) is 0 Å². The quantitative estimate of drug-likeness (QED) is 0.647. The molecule has 0 spiro atoms. The lowest BCUT2D eigenvalue weighted by Gasteiger charge is -2.20. The van der Waals surface area contributed by atoms with E-state index in [2.05, 4.69) is 10.6 Å². The molecule has 0 fully saturated rings. The Morgan fingerprint density at radius 2 is 1.81 bits per heavy atom. The second kappa shape index (κ2) is 6.69. The first-order chi connectivity index (χ1) is 9.67. The molecular formula is C13H17N3O5. The van der Waals surface area contributed by atoms with Crippen molar-refractivity contribution in [2.45, 2.75) is 26.3 Å². The topological polar surface area (TPSA) is 111 Å². The number of imide groups is 1. The van der Waals surface area contributed by atoms with Gasteiger partial charge in [-0.1, -0.05) is 0 Å². The zero-order chi connectivity index (χ0) is 16.0. The number of benzene rings is 1. The highest BCUT2D eigenvalue weighted by Crippen LogP contribution is 2.16. The van der Waals surface area contributed by atoms with Gasteiger partial charge < -0.3 is 10.1 Å². The van der Waals surface area contributed by atoms with E-state index < -0.39 is 22.4 Å². The van der Waals surface area contributed by atoms with Gasteiger partial charge in [-0.15, -0.1) is 0 Å². The van der Waals surface area contributed by atoms with E-state index in [1.807, 2.05) is 0 Å². The lowest BCUT2D eigenvalue weighted by atomic mass is 10.1. The summed E-state index contributed by atoms with van der Waals surface area (Å²) in [5.74, 6) is -0.318. The van der Waals surface area contributed by atoms with Gasteiger partial charge in [0.2, 0.25) is 0 Å². The minimum Gasteiger partial charge on any atom is -0.484 e. The monoisotopic (exact) mass is 295 g/mol. The molecule has 1 aromatic rings. The number of hydrogen-bond donors (Lipinski definition) is 2. The third-order valence-electron chi connectivity index (χ3n) is 2.16. The largest absolute Gasteiger partial charge is 0.484 e. The Morgan fingerprint density at radius 1 is 1.24 bits per heavy atom. The summed E-state index contributed by atoms with van der Waals surface area (Å²) in [6.45, 7) is 4.98. The van der Waals surface area contributed by atoms with Crippen LogP contribution in [0.5, 0.6) is 5.75 Å². The molecule has 0 radical (unpaired) electrons. The van der Waals surface area contributed by atoms with Crippen LogP contribution in [0, 0.1) is 10.1 Å². The van der Waals surface area contributed by atoms with E-state index in [1.165, 1.54) is 24.3 Å². The van der Waals surface area contributed by atoms with E-state index in [-0.39, 0.29) is 12.3 Å². The molecule has 0 aliphatic heterocycles. The molecule has 0 saturated heterocycles. The molecule has 0 aromatic heterocycles. The molecule has 0 unspecified atom stereocenters. The van der Waals surface area contributed by atoms with Crippen molar-refractivity contribution in [1.29, 1.82) is 0 Å². The average molecular weight is 295 g/mol. The van der Waals surface area contributed by atoms with Crippen LogP contribution in [-0.2, 0) is 4.79 Å². The third-order valence-corrected chi connectivity index (χ3v) is 2.16. The fourth-order valence-electron chi connectivity index (χ4n) is 1.35. The summed E-state index contributed by atoms with van der Waals surface area (Å²) >= 11 is 0. The molecule has 0 aliphatic rings. The fourth-order valence-corrected chi connectivity index (χ4v) is 1.35. The maximum absolute atomic E-state index is 11.5. The molecule has 8 heteroatoms. The zero-order valence-corrected chi connectivity index (χ0v) is 12.0. The molecule has 21 heavy (non-hydrogen) atoms. The first-order valence-electron chi connectivity index (χ1n) is 6.16. The van der Waals surface area contributed by atoms with E-state index in [4.69, 9.17) is 4.74 Å². The lowest BCUT2D eigenvalue weighted by Crippen LogP contribution is -2.49. The number of urea groups is 1. The Bertz CT molecular complexity index is 534. The number of nitrogens with zero attached hydrogens (tertiary/aromatic N) is 1. The molecule has 1 aromatic carbocycles. The Morgan fingerprint density at radius 3 is 2.29 bits per heavy atom. The standard InChI is InChI=1S/C13H17N3O5/c1-13(2,3)15-12(18)14-11(17)8-21-10-6-4-9(5-7-10)16(19)20/h4-7H,8H2,1-3H3,(H2,14,15,17,18). The van der Waals surface area contributed by atoms with Crippen molar-refractivity contribution in [3.63, 3.8) is 0 Å². The molecule has 8 nitrogen and oxygen atoms in total. The molecule has 114 valence electrons. The van der Waals surface area contributed by atoms with E-state index in [9.17, 15) is 19.7 Å². The summed E-state index contributed by atoms with van der Waals surface area (Å²) in [5.41, 5.74) is -0.528. The van der Waals surface area contributed by atoms with E-state index in [0.29, 0.717) is 5.75 Å². The van der Waals surface area contributed by atoms with Gasteiger partial charge in [-0.2, -0.15) is 0 Å². The smallest absolute Gasteiger partial charge is 0.321 e. The Kier molecular flexibility index (Phi) is 5.23. The van der Waals surface area contributed by atoms with Crippen molar-refractivity contribution >= 4 is 17.6 Å². The normalized spacial score (nSPS) is 10.6. The second-order valence-corrected chi connectivity index (χ2v) is 5.29. The summed E-state index contributed by atoms with van der Waals surface area (Å²) in [6.07, 6.45) is 0. The van der Waals surface area contributed by atoms with Crippen molar-refractivity contribution in [1.82, 2.24) is 10.6 Å². The van der Waals surface area contributed by atoms with Crippen molar-refractivity contribution in [2.75, 3.05) is 6.61 Å². The number of nitro benzene ring substituents is 1. The first kappa shape index (κ1) is 16.4. The van der Waals surface area contributed by atoms with Gasteiger partial charge in [0.15, 0.2) is 6.61 Å². The SMILES string of the molecule is CC(C)(C)NC(=O)NC(=O)COc1ccc([N+](=O)[O-])cc1. The molecule has 0 saturated carbocycles. The van der Waals surface area contributed by atoms with Crippen LogP contribution in [0.2, 0.25) is 0 Å². The van der Waals surface area contributed by atoms with Crippen LogP contribution >= 0.6 is 0 Å². The summed E-state index contributed by atoms with van der Waals surface area (Å²) in [4.78, 5) is 32.8. The van der Waals surface area contributed by atoms with Gasteiger partial charge in [-0.3, -0.25) is 20.2 Å². The van der Waals surface area contributed by atoms with E-state index in [1.54, 1.807) is 20.8 Å². The van der Waals surface area contributed by atoms with Gasteiger partial charge >= 0.3 is 6.03 Å². The summed E-state index contributed by atoms with van der Waals surface area (Å²) in [5, 5.41) is 15.2. The maximum Gasteiger partial charge on any atom is 0.321 e. The summed E-state index contributed by atoms with van der Waals surface area (Å²) in [6, 6.07) is 4.67. The number of nitrogens with one attached hydrogen (secondary N) is 2. The van der Waals surface area contributed by atoms with Crippen molar-refractivity contribution in [2.24, 2.45) is 0 Å². The number of ether oxygens (including phenoxy) is 1. The minimum absolute atomic E-state index is 0.0728. The molecule has 0 atom stereocenters. The number of amides is 3. The number of non-ortho nitro benzene ring substituents is 1. The van der Waals surface area contributed by atoms with E-state index >= 15 is 0 Å². The number of hydrogen-bond acceptors (Lipinski definition) is 5. The molecule has 0 aliphatic carbocycles. The van der Waals surface area contributed by atoms with Crippen molar-refractivity contribution in [3.05, 3.63) is 34.4 Å². The predicted molar refractivity (Wildman–Crippen MR) is 75.0 cm³/mol. The van der Waals surface area contributed by atoms with Crippen LogP contribution in [0.25, 0.3) is 0 Å². The van der Waals surface area contributed by atoms with Crippen molar-refractivity contribution in [3.8, 4) is 5.75 Å². The minimum atomic E-state index is -0.616. The average Bonchev–Trinajstić information content (AvgIpc) is 2.34. The van der Waals surface area contributed by atoms with Gasteiger partial charge in [0, 0.05) is 17.7 Å². The van der Waals surface area contributed by atoms with Crippen LogP contribution in [0.1, 0.15) is 20.8 Å². The first-order valence-corrected chi connectivity index (χ1v) is 6.16. The van der Waals surface area contributed by atoms with Crippen LogP contribution in [-0.4, -0.2) is 29.0 Å². The third kappa shape index (κ3) is 6.37. The van der Waals surface area contributed by atoms with Gasteiger partial charge in [0.05, 0.1) is 4.92 Å². The highest BCUT2D eigenvalue weighted by Gasteiger charge is 2.15. The number of rotatable bonds is 4. The number of nitro groups is 1. The van der Waals surface area contributed by atoms with Gasteiger partial charge in [-0.05, 0) is 32.9 Å². The van der Waals surface area contributed by atoms with Crippen LogP contribution in [0.15, 0.2) is 24.3 Å². The lowest BCUT2D eigenvalue weighted by molar-refractivity contribution is -0.384. The second-order valence-electron chi connectivity index (χ2n) is 5.29. The highest BCUT2D eigenvalue weighted by atomic mass is 16.6. The Hall–Kier alpha value is -2.64. The molecule has 2 N–H and O–H groups in total. The highest BCUT2D eigenvalue weighted by molar-refractivity contribution is 5.95. The Balaban J connectivity index is 2.42. The molecule has 1 rings (SSSR count). The summed E-state index contributed by atoms with van der Waals surface area (Å²) in [7, 11) is 0. The van der Waals surface area contributed by atoms with Gasteiger partial charge in [-0.25, -0.2) is 4.79 Å². The Labute approximate surface area is 121 Å². The van der Waals surface area contributed by atoms with Crippen LogP contribution < -0.4 is 15.4 Å². The van der Waals surface area contributed by atoms with Crippen LogP contribution in [0.4, 0.5) is 10.5 Å². The van der Waals surface area contributed by atoms with Crippen molar-refractivity contribution < 1.29 is 19.2 Å². The maximum atomic E-state index is 11.5. The molecule has 3 amide bonds. The zero-order valence-electron chi connectivity index (χ0n) is 12.0. The summed E-state index contributed by atoms with van der Waals surface area (Å²) < 4.78 is 5.12. The fraction of sp³-hybridized carbons (Fsp3) is 0.385. The molecule has 0 bridgehead atoms. The predicted octanol–water partition coefficient (Wildman–Crippen LogP) is 1.60. The van der Waals surface area contributed by atoms with Gasteiger partial charge in [0.1, 0.15) is 5.75 Å². The molecular weight excluding hydrogens is 278 g/mol. The number of carbonyl (C=O) groups is 2. The number of carbonyl (C=O) groups excluding carboxylic acids is 2. The molecule has 0 heterocycles.